The molecule has 0 saturated heterocycles. The smallest absolute Gasteiger partial charge is 0.267 e. The average molecular weight is 319 g/mol. The van der Waals surface area contributed by atoms with E-state index in [4.69, 9.17) is 23.2 Å². The number of aromatic nitrogens is 1. The summed E-state index contributed by atoms with van der Waals surface area (Å²) in [5, 5.41) is 3.93. The van der Waals surface area contributed by atoms with Crippen LogP contribution in [-0.4, -0.2) is 22.9 Å². The first-order chi connectivity index (χ1) is 9.35. The Morgan fingerprint density at radius 3 is 2.70 bits per heavy atom. The Hall–Kier alpha value is -1.33. The summed E-state index contributed by atoms with van der Waals surface area (Å²) in [6.45, 7) is 0. The van der Waals surface area contributed by atoms with Crippen molar-refractivity contribution in [2.24, 2.45) is 0 Å². The number of benzene rings is 1. The lowest BCUT2D eigenvalue weighted by Gasteiger charge is -2.35. The molecule has 3 rings (SSSR count). The number of aromatic amines is 1. The van der Waals surface area contributed by atoms with E-state index in [1.165, 1.54) is 0 Å². The molecule has 1 amide bonds. The highest BCUT2D eigenvalue weighted by Gasteiger charge is 2.46. The Balaban J connectivity index is 1.80. The molecule has 2 aromatic rings. The number of amides is 1. The van der Waals surface area contributed by atoms with Crippen LogP contribution in [0, 0.1) is 0 Å². The molecule has 0 bridgehead atoms. The highest BCUT2D eigenvalue weighted by Crippen LogP contribution is 2.37. The first-order valence-electron chi connectivity index (χ1n) is 6.01. The summed E-state index contributed by atoms with van der Waals surface area (Å²) in [4.78, 5) is 14.9. The van der Waals surface area contributed by atoms with Crippen molar-refractivity contribution in [2.75, 3.05) is 0 Å². The van der Waals surface area contributed by atoms with E-state index in [0.717, 1.165) is 0 Å². The summed E-state index contributed by atoms with van der Waals surface area (Å²) in [6.07, 6.45) is -0.628. The number of rotatable bonds is 2. The maximum atomic E-state index is 12.7. The van der Waals surface area contributed by atoms with Gasteiger partial charge in [0, 0.05) is 29.8 Å². The van der Waals surface area contributed by atoms with E-state index in [0.29, 0.717) is 20.9 Å². The number of alkyl halides is 2. The van der Waals surface area contributed by atoms with E-state index in [1.807, 2.05) is 0 Å². The van der Waals surface area contributed by atoms with E-state index in [9.17, 15) is 13.6 Å². The lowest BCUT2D eigenvalue weighted by Crippen LogP contribution is -2.50. The molecule has 0 spiro atoms. The van der Waals surface area contributed by atoms with E-state index < -0.39 is 17.9 Å². The van der Waals surface area contributed by atoms with Crippen molar-refractivity contribution in [3.63, 3.8) is 0 Å². The number of nitrogens with one attached hydrogen (secondary N) is 2. The molecule has 1 saturated carbocycles. The fraction of sp³-hybridized carbons (Fsp3) is 0.308. The van der Waals surface area contributed by atoms with Gasteiger partial charge >= 0.3 is 0 Å². The Morgan fingerprint density at radius 2 is 2.05 bits per heavy atom. The minimum absolute atomic E-state index is 0.277. The molecule has 1 aromatic carbocycles. The van der Waals surface area contributed by atoms with Gasteiger partial charge in [0.05, 0.1) is 10.0 Å². The quantitative estimate of drug-likeness (QED) is 0.863. The summed E-state index contributed by atoms with van der Waals surface area (Å²) >= 11 is 11.9. The molecule has 0 unspecified atom stereocenters. The minimum Gasteiger partial charge on any atom is -0.350 e. The summed E-state index contributed by atoms with van der Waals surface area (Å²) in [6, 6.07) is 4.41. The second-order valence-corrected chi connectivity index (χ2v) is 5.73. The fourth-order valence-electron chi connectivity index (χ4n) is 2.29. The zero-order valence-electron chi connectivity index (χ0n) is 10.1. The van der Waals surface area contributed by atoms with Crippen LogP contribution in [0.2, 0.25) is 10.0 Å². The average Bonchev–Trinajstić information content (AvgIpc) is 2.76. The number of carbonyl (C=O) groups excluding carboxylic acids is 1. The summed E-state index contributed by atoms with van der Waals surface area (Å²) in [7, 11) is 0. The molecule has 1 fully saturated rings. The predicted octanol–water partition coefficient (Wildman–Crippen LogP) is 4.00. The van der Waals surface area contributed by atoms with Crippen molar-refractivity contribution in [1.29, 1.82) is 0 Å². The van der Waals surface area contributed by atoms with Gasteiger partial charge in [-0.2, -0.15) is 0 Å². The SMILES string of the molecule is O=C(NC1CC(F)(F)C1)c1cc2c(Cl)c(Cl)ccc2[nH]1. The Bertz CT molecular complexity index is 691. The van der Waals surface area contributed by atoms with Crippen molar-refractivity contribution < 1.29 is 13.6 Å². The molecular formula is C13H10Cl2F2N2O. The molecule has 2 N–H and O–H groups in total. The number of H-pyrrole nitrogens is 1. The zero-order valence-corrected chi connectivity index (χ0v) is 11.7. The van der Waals surface area contributed by atoms with Gasteiger partial charge in [0.2, 0.25) is 0 Å². The number of fused-ring (bicyclic) bond motifs is 1. The lowest BCUT2D eigenvalue weighted by molar-refractivity contribution is -0.0901. The van der Waals surface area contributed by atoms with Crippen molar-refractivity contribution >= 4 is 40.0 Å². The van der Waals surface area contributed by atoms with Gasteiger partial charge in [-0.15, -0.1) is 0 Å². The molecule has 7 heteroatoms. The first-order valence-corrected chi connectivity index (χ1v) is 6.77. The van der Waals surface area contributed by atoms with Crippen molar-refractivity contribution in [3.05, 3.63) is 33.9 Å². The molecule has 1 aliphatic rings. The zero-order chi connectivity index (χ0) is 14.5. The maximum absolute atomic E-state index is 12.7. The van der Waals surface area contributed by atoms with Gasteiger partial charge in [-0.25, -0.2) is 8.78 Å². The molecule has 106 valence electrons. The third-order valence-electron chi connectivity index (χ3n) is 3.36. The van der Waals surface area contributed by atoms with Crippen LogP contribution in [-0.2, 0) is 0 Å². The second kappa shape index (κ2) is 4.60. The Labute approximate surface area is 123 Å². The summed E-state index contributed by atoms with van der Waals surface area (Å²) in [5.74, 6) is -3.08. The normalized spacial score (nSPS) is 18.0. The molecule has 1 aromatic heterocycles. The van der Waals surface area contributed by atoms with Crippen LogP contribution in [0.15, 0.2) is 18.2 Å². The third kappa shape index (κ3) is 2.36. The largest absolute Gasteiger partial charge is 0.350 e. The monoisotopic (exact) mass is 318 g/mol. The molecule has 3 nitrogen and oxygen atoms in total. The van der Waals surface area contributed by atoms with E-state index in [1.54, 1.807) is 18.2 Å². The van der Waals surface area contributed by atoms with Gasteiger partial charge in [0.15, 0.2) is 0 Å². The topological polar surface area (TPSA) is 44.9 Å². The fourth-order valence-corrected chi connectivity index (χ4v) is 2.67. The number of carbonyl (C=O) groups is 1. The number of halogens is 4. The van der Waals surface area contributed by atoms with Crippen LogP contribution in [0.1, 0.15) is 23.3 Å². The summed E-state index contributed by atoms with van der Waals surface area (Å²) < 4.78 is 25.4. The number of hydrogen-bond donors (Lipinski definition) is 2. The van der Waals surface area contributed by atoms with Gasteiger partial charge < -0.3 is 10.3 Å². The van der Waals surface area contributed by atoms with Gasteiger partial charge in [-0.05, 0) is 18.2 Å². The second-order valence-electron chi connectivity index (χ2n) is 4.94. The van der Waals surface area contributed by atoms with E-state index in [-0.39, 0.29) is 18.5 Å². The van der Waals surface area contributed by atoms with Crippen LogP contribution in [0.5, 0.6) is 0 Å². The molecule has 20 heavy (non-hydrogen) atoms. The van der Waals surface area contributed by atoms with Crippen molar-refractivity contribution in [1.82, 2.24) is 10.3 Å². The molecule has 0 aliphatic heterocycles. The lowest BCUT2D eigenvalue weighted by atomic mass is 9.88. The molecule has 1 aliphatic carbocycles. The van der Waals surface area contributed by atoms with E-state index >= 15 is 0 Å². The van der Waals surface area contributed by atoms with E-state index in [2.05, 4.69) is 10.3 Å². The number of hydrogen-bond acceptors (Lipinski definition) is 1. The van der Waals surface area contributed by atoms with Crippen LogP contribution in [0.3, 0.4) is 0 Å². The molecule has 0 atom stereocenters. The highest BCUT2D eigenvalue weighted by atomic mass is 35.5. The van der Waals surface area contributed by atoms with Crippen molar-refractivity contribution in [2.45, 2.75) is 24.8 Å². The molecular weight excluding hydrogens is 309 g/mol. The van der Waals surface area contributed by atoms with Gasteiger partial charge in [0.1, 0.15) is 5.69 Å². The van der Waals surface area contributed by atoms with Gasteiger partial charge in [0.25, 0.3) is 11.8 Å². The Morgan fingerprint density at radius 1 is 1.35 bits per heavy atom. The van der Waals surface area contributed by atoms with Gasteiger partial charge in [-0.3, -0.25) is 4.79 Å². The predicted molar refractivity (Wildman–Crippen MR) is 73.8 cm³/mol. The van der Waals surface area contributed by atoms with Crippen LogP contribution < -0.4 is 5.32 Å². The first kappa shape index (κ1) is 13.6. The van der Waals surface area contributed by atoms with Crippen molar-refractivity contribution in [3.8, 4) is 0 Å². The van der Waals surface area contributed by atoms with Gasteiger partial charge in [-0.1, -0.05) is 23.2 Å². The minimum atomic E-state index is -2.66. The van der Waals surface area contributed by atoms with Crippen LogP contribution in [0.4, 0.5) is 8.78 Å². The standard InChI is InChI=1S/C13H10Cl2F2N2O/c14-8-1-2-9-7(11(8)15)3-10(19-9)12(20)18-6-4-13(16,17)5-6/h1-3,6,19H,4-5H2,(H,18,20). The molecule has 1 heterocycles. The van der Waals surface area contributed by atoms with Crippen LogP contribution >= 0.6 is 23.2 Å². The maximum Gasteiger partial charge on any atom is 0.267 e. The third-order valence-corrected chi connectivity index (χ3v) is 4.18. The molecule has 0 radical (unpaired) electrons. The van der Waals surface area contributed by atoms with Crippen LogP contribution in [0.25, 0.3) is 10.9 Å². The Kier molecular flexibility index (Phi) is 3.14. The summed E-state index contributed by atoms with van der Waals surface area (Å²) in [5.41, 5.74) is 0.947. The highest BCUT2D eigenvalue weighted by molar-refractivity contribution is 6.45.